The molecule has 0 radical (unpaired) electrons. The molecule has 0 aliphatic heterocycles. The lowest BCUT2D eigenvalue weighted by molar-refractivity contribution is 0.803. The van der Waals surface area contributed by atoms with E-state index in [0.717, 1.165) is 5.69 Å². The van der Waals surface area contributed by atoms with Crippen LogP contribution in [0, 0.1) is 0 Å². The molecule has 0 saturated carbocycles. The van der Waals surface area contributed by atoms with Crippen molar-refractivity contribution in [3.63, 3.8) is 0 Å². The number of nitrogens with one attached hydrogen (secondary N) is 1. The summed E-state index contributed by atoms with van der Waals surface area (Å²) in [5.41, 5.74) is 6.67. The summed E-state index contributed by atoms with van der Waals surface area (Å²) in [4.78, 5) is 1.27. The summed E-state index contributed by atoms with van der Waals surface area (Å²) in [6.45, 7) is 2.73. The van der Waals surface area contributed by atoms with Gasteiger partial charge < -0.3 is 11.1 Å². The molecule has 3 heteroatoms. The van der Waals surface area contributed by atoms with E-state index < -0.39 is 0 Å². The summed E-state index contributed by atoms with van der Waals surface area (Å²) in [5, 5.41) is 3.33. The van der Waals surface area contributed by atoms with Crippen molar-refractivity contribution in [1.29, 1.82) is 0 Å². The zero-order valence-corrected chi connectivity index (χ0v) is 8.90. The lowest BCUT2D eigenvalue weighted by Crippen LogP contribution is -2.25. The molecule has 0 aliphatic carbocycles. The Balaban J connectivity index is 2.66. The van der Waals surface area contributed by atoms with E-state index in [4.69, 9.17) is 5.73 Å². The predicted molar refractivity (Wildman–Crippen MR) is 60.4 cm³/mol. The summed E-state index contributed by atoms with van der Waals surface area (Å²) >= 11 is 1.75. The van der Waals surface area contributed by atoms with Crippen LogP contribution in [0.25, 0.3) is 0 Å². The van der Waals surface area contributed by atoms with Crippen molar-refractivity contribution in [1.82, 2.24) is 0 Å². The first-order chi connectivity index (χ1) is 6.26. The first-order valence-corrected chi connectivity index (χ1v) is 5.59. The largest absolute Gasteiger partial charge is 0.381 e. The number of anilines is 1. The summed E-state index contributed by atoms with van der Waals surface area (Å²) in [5.74, 6) is 0. The van der Waals surface area contributed by atoms with Crippen LogP contribution < -0.4 is 11.1 Å². The van der Waals surface area contributed by atoms with Crippen LogP contribution in [0.3, 0.4) is 0 Å². The van der Waals surface area contributed by atoms with Gasteiger partial charge in [0.25, 0.3) is 0 Å². The molecule has 1 rings (SSSR count). The fourth-order valence-corrected chi connectivity index (χ4v) is 1.52. The third kappa shape index (κ3) is 3.28. The maximum atomic E-state index is 5.52. The van der Waals surface area contributed by atoms with Crippen LogP contribution >= 0.6 is 11.8 Å². The van der Waals surface area contributed by atoms with Gasteiger partial charge >= 0.3 is 0 Å². The fraction of sp³-hybridized carbons (Fsp3) is 0.400. The van der Waals surface area contributed by atoms with Gasteiger partial charge in [-0.15, -0.1) is 11.8 Å². The van der Waals surface area contributed by atoms with Gasteiger partial charge in [0.2, 0.25) is 0 Å². The standard InChI is InChI=1S/C10H16N2S/c1-8(7-11)12-9-4-3-5-10(6-9)13-2/h3-6,8,12H,7,11H2,1-2H3. The van der Waals surface area contributed by atoms with Crippen molar-refractivity contribution >= 4 is 17.4 Å². The number of nitrogens with two attached hydrogens (primary N) is 1. The number of hydrogen-bond donors (Lipinski definition) is 2. The zero-order chi connectivity index (χ0) is 9.68. The Kier molecular flexibility index (Phi) is 4.12. The first kappa shape index (κ1) is 10.4. The average Bonchev–Trinajstić information content (AvgIpc) is 2.18. The van der Waals surface area contributed by atoms with Gasteiger partial charge in [0.15, 0.2) is 0 Å². The van der Waals surface area contributed by atoms with Gasteiger partial charge in [0.05, 0.1) is 0 Å². The smallest absolute Gasteiger partial charge is 0.0355 e. The van der Waals surface area contributed by atoms with E-state index in [2.05, 4.69) is 42.8 Å². The molecule has 1 unspecified atom stereocenters. The Morgan fingerprint density at radius 3 is 2.92 bits per heavy atom. The molecule has 0 saturated heterocycles. The van der Waals surface area contributed by atoms with Crippen LogP contribution in [0.5, 0.6) is 0 Å². The third-order valence-corrected chi connectivity index (χ3v) is 2.56. The Morgan fingerprint density at radius 2 is 2.31 bits per heavy atom. The van der Waals surface area contributed by atoms with E-state index >= 15 is 0 Å². The molecule has 1 aromatic rings. The van der Waals surface area contributed by atoms with Gasteiger partial charge in [-0.3, -0.25) is 0 Å². The van der Waals surface area contributed by atoms with E-state index in [9.17, 15) is 0 Å². The average molecular weight is 196 g/mol. The Labute approximate surface area is 83.9 Å². The molecule has 1 aromatic carbocycles. The highest BCUT2D eigenvalue weighted by atomic mass is 32.2. The van der Waals surface area contributed by atoms with E-state index in [0.29, 0.717) is 12.6 Å². The number of rotatable bonds is 4. The minimum atomic E-state index is 0.331. The molecule has 72 valence electrons. The SMILES string of the molecule is CSc1cccc(NC(C)CN)c1. The van der Waals surface area contributed by atoms with Crippen molar-refractivity contribution in [2.45, 2.75) is 17.9 Å². The van der Waals surface area contributed by atoms with Crippen molar-refractivity contribution in [3.8, 4) is 0 Å². The molecule has 3 N–H and O–H groups in total. The Morgan fingerprint density at radius 1 is 1.54 bits per heavy atom. The normalized spacial score (nSPS) is 12.5. The molecular formula is C10H16N2S. The lowest BCUT2D eigenvalue weighted by Gasteiger charge is -2.13. The van der Waals surface area contributed by atoms with Crippen LogP contribution in [-0.2, 0) is 0 Å². The van der Waals surface area contributed by atoms with Crippen LogP contribution in [0.15, 0.2) is 29.2 Å². The van der Waals surface area contributed by atoms with Crippen LogP contribution in [0.1, 0.15) is 6.92 Å². The second-order valence-electron chi connectivity index (χ2n) is 3.01. The van der Waals surface area contributed by atoms with Gasteiger partial charge in [-0.25, -0.2) is 0 Å². The maximum Gasteiger partial charge on any atom is 0.0355 e. The molecule has 0 aliphatic rings. The second-order valence-corrected chi connectivity index (χ2v) is 3.89. The molecule has 0 aromatic heterocycles. The van der Waals surface area contributed by atoms with Crippen LogP contribution in [0.2, 0.25) is 0 Å². The maximum absolute atomic E-state index is 5.52. The van der Waals surface area contributed by atoms with Crippen molar-refractivity contribution in [3.05, 3.63) is 24.3 Å². The minimum Gasteiger partial charge on any atom is -0.381 e. The third-order valence-electron chi connectivity index (χ3n) is 1.84. The van der Waals surface area contributed by atoms with Crippen molar-refractivity contribution in [2.24, 2.45) is 5.73 Å². The van der Waals surface area contributed by atoms with Gasteiger partial charge in [-0.05, 0) is 31.4 Å². The number of benzene rings is 1. The minimum absolute atomic E-state index is 0.331. The molecule has 0 spiro atoms. The van der Waals surface area contributed by atoms with E-state index in [1.54, 1.807) is 11.8 Å². The van der Waals surface area contributed by atoms with Crippen molar-refractivity contribution < 1.29 is 0 Å². The zero-order valence-electron chi connectivity index (χ0n) is 8.08. The molecule has 1 atom stereocenters. The molecule has 13 heavy (non-hydrogen) atoms. The fourth-order valence-electron chi connectivity index (χ4n) is 1.06. The highest BCUT2D eigenvalue weighted by molar-refractivity contribution is 7.98. The summed E-state index contributed by atoms with van der Waals surface area (Å²) < 4.78 is 0. The summed E-state index contributed by atoms with van der Waals surface area (Å²) in [7, 11) is 0. The van der Waals surface area contributed by atoms with Crippen molar-refractivity contribution in [2.75, 3.05) is 18.1 Å². The Hall–Kier alpha value is -0.670. The van der Waals surface area contributed by atoms with E-state index in [-0.39, 0.29) is 0 Å². The Bertz CT molecular complexity index is 263. The van der Waals surface area contributed by atoms with Gasteiger partial charge in [-0.2, -0.15) is 0 Å². The van der Waals surface area contributed by atoms with Crippen LogP contribution in [0.4, 0.5) is 5.69 Å². The quantitative estimate of drug-likeness (QED) is 0.725. The number of thioether (sulfide) groups is 1. The second kappa shape index (κ2) is 5.14. The summed E-state index contributed by atoms with van der Waals surface area (Å²) in [6, 6.07) is 8.68. The molecule has 0 bridgehead atoms. The lowest BCUT2D eigenvalue weighted by atomic mass is 10.2. The predicted octanol–water partition coefficient (Wildman–Crippen LogP) is 2.17. The van der Waals surface area contributed by atoms with E-state index in [1.165, 1.54) is 4.90 Å². The molecule has 0 heterocycles. The monoisotopic (exact) mass is 196 g/mol. The molecule has 2 nitrogen and oxygen atoms in total. The highest BCUT2D eigenvalue weighted by Crippen LogP contribution is 2.19. The summed E-state index contributed by atoms with van der Waals surface area (Å²) in [6.07, 6.45) is 2.07. The molecule has 0 fully saturated rings. The molecular weight excluding hydrogens is 180 g/mol. The number of hydrogen-bond acceptors (Lipinski definition) is 3. The van der Waals surface area contributed by atoms with Crippen LogP contribution in [-0.4, -0.2) is 18.8 Å². The molecule has 0 amide bonds. The topological polar surface area (TPSA) is 38.0 Å². The first-order valence-electron chi connectivity index (χ1n) is 4.37. The van der Waals surface area contributed by atoms with E-state index in [1.807, 2.05) is 0 Å². The van der Waals surface area contributed by atoms with Gasteiger partial charge in [0.1, 0.15) is 0 Å². The highest BCUT2D eigenvalue weighted by Gasteiger charge is 1.98. The van der Waals surface area contributed by atoms with Gasteiger partial charge in [-0.1, -0.05) is 6.07 Å². The van der Waals surface area contributed by atoms with Gasteiger partial charge in [0, 0.05) is 23.2 Å².